The van der Waals surface area contributed by atoms with Crippen LogP contribution in [0.25, 0.3) is 0 Å². The van der Waals surface area contributed by atoms with Crippen molar-refractivity contribution in [3.63, 3.8) is 0 Å². The Morgan fingerprint density at radius 1 is 1.10 bits per heavy atom. The van der Waals surface area contributed by atoms with E-state index >= 15 is 0 Å². The van der Waals surface area contributed by atoms with Crippen LogP contribution in [-0.2, 0) is 4.74 Å². The monoisotopic (exact) mass is 277 g/mol. The zero-order chi connectivity index (χ0) is 14.0. The normalized spacial score (nSPS) is 22.3. The predicted molar refractivity (Wildman–Crippen MR) is 77.2 cm³/mol. The van der Waals surface area contributed by atoms with E-state index < -0.39 is 0 Å². The lowest BCUT2D eigenvalue weighted by atomic mass is 9.87. The van der Waals surface area contributed by atoms with E-state index in [4.69, 9.17) is 19.9 Å². The number of benzene rings is 1. The second-order valence-corrected chi connectivity index (χ2v) is 5.71. The number of nitrogens with two attached hydrogens (primary N) is 1. The number of ether oxygens (including phenoxy) is 3. The standard InChI is InChI=1S/C16H23NO3/c1-18-16(7-2-3-8-16)15(17)12-5-6-13-14(11-12)20-10-4-9-19-13/h5-6,11,15H,2-4,7-10,17H2,1H3. The molecule has 4 heteroatoms. The van der Waals surface area contributed by atoms with Gasteiger partial charge >= 0.3 is 0 Å². The molecule has 0 bridgehead atoms. The van der Waals surface area contributed by atoms with Crippen molar-refractivity contribution in [1.29, 1.82) is 0 Å². The van der Waals surface area contributed by atoms with Crippen molar-refractivity contribution in [1.82, 2.24) is 0 Å². The molecule has 4 nitrogen and oxygen atoms in total. The van der Waals surface area contributed by atoms with Crippen molar-refractivity contribution in [2.45, 2.75) is 43.7 Å². The van der Waals surface area contributed by atoms with Gasteiger partial charge < -0.3 is 19.9 Å². The van der Waals surface area contributed by atoms with E-state index in [0.29, 0.717) is 13.2 Å². The molecule has 1 unspecified atom stereocenters. The van der Waals surface area contributed by atoms with Gasteiger partial charge in [-0.25, -0.2) is 0 Å². The van der Waals surface area contributed by atoms with Crippen LogP contribution < -0.4 is 15.2 Å². The molecule has 2 aliphatic rings. The van der Waals surface area contributed by atoms with Gasteiger partial charge in [-0.2, -0.15) is 0 Å². The molecule has 1 atom stereocenters. The minimum atomic E-state index is -0.222. The Labute approximate surface area is 120 Å². The number of rotatable bonds is 3. The molecule has 3 rings (SSSR count). The number of hydrogen-bond donors (Lipinski definition) is 1. The van der Waals surface area contributed by atoms with Gasteiger partial charge in [-0.15, -0.1) is 0 Å². The van der Waals surface area contributed by atoms with Gasteiger partial charge in [-0.05, 0) is 30.5 Å². The summed E-state index contributed by atoms with van der Waals surface area (Å²) in [6, 6.07) is 5.91. The Morgan fingerprint density at radius 3 is 2.50 bits per heavy atom. The van der Waals surface area contributed by atoms with Crippen LogP contribution in [0.3, 0.4) is 0 Å². The second-order valence-electron chi connectivity index (χ2n) is 5.71. The Bertz CT molecular complexity index is 469. The van der Waals surface area contributed by atoms with Crippen LogP contribution in [0.2, 0.25) is 0 Å². The highest BCUT2D eigenvalue weighted by atomic mass is 16.5. The summed E-state index contributed by atoms with van der Waals surface area (Å²) in [5.41, 5.74) is 7.34. The molecule has 1 fully saturated rings. The average molecular weight is 277 g/mol. The van der Waals surface area contributed by atoms with E-state index in [-0.39, 0.29) is 11.6 Å². The fourth-order valence-corrected chi connectivity index (χ4v) is 3.29. The van der Waals surface area contributed by atoms with Crippen molar-refractivity contribution in [3.05, 3.63) is 23.8 Å². The molecule has 0 spiro atoms. The van der Waals surface area contributed by atoms with E-state index in [9.17, 15) is 0 Å². The minimum absolute atomic E-state index is 0.118. The Hall–Kier alpha value is -1.26. The minimum Gasteiger partial charge on any atom is -0.490 e. The fraction of sp³-hybridized carbons (Fsp3) is 0.625. The van der Waals surface area contributed by atoms with Gasteiger partial charge in [0.15, 0.2) is 11.5 Å². The highest BCUT2D eigenvalue weighted by Crippen LogP contribution is 2.43. The third-order valence-electron chi connectivity index (χ3n) is 4.55. The second kappa shape index (κ2) is 5.62. The first-order valence-corrected chi connectivity index (χ1v) is 7.45. The fourth-order valence-electron chi connectivity index (χ4n) is 3.29. The molecular weight excluding hydrogens is 254 g/mol. The maximum atomic E-state index is 6.50. The zero-order valence-corrected chi connectivity index (χ0v) is 12.1. The van der Waals surface area contributed by atoms with E-state index in [2.05, 4.69) is 0 Å². The SMILES string of the molecule is COC1(C(N)c2ccc3c(c2)OCCCO3)CCCC1. The summed E-state index contributed by atoms with van der Waals surface area (Å²) in [5, 5.41) is 0. The average Bonchev–Trinajstić information content (AvgIpc) is 2.85. The molecular formula is C16H23NO3. The van der Waals surface area contributed by atoms with Gasteiger partial charge in [-0.1, -0.05) is 18.9 Å². The third-order valence-corrected chi connectivity index (χ3v) is 4.55. The molecule has 0 radical (unpaired) electrons. The quantitative estimate of drug-likeness (QED) is 0.923. The van der Waals surface area contributed by atoms with Crippen LogP contribution in [0.15, 0.2) is 18.2 Å². The van der Waals surface area contributed by atoms with Crippen molar-refractivity contribution >= 4 is 0 Å². The van der Waals surface area contributed by atoms with E-state index in [1.807, 2.05) is 18.2 Å². The summed E-state index contributed by atoms with van der Waals surface area (Å²) in [5.74, 6) is 1.62. The van der Waals surface area contributed by atoms with Gasteiger partial charge in [0.05, 0.1) is 24.9 Å². The van der Waals surface area contributed by atoms with Gasteiger partial charge in [-0.3, -0.25) is 0 Å². The maximum absolute atomic E-state index is 6.50. The van der Waals surface area contributed by atoms with Gasteiger partial charge in [0.1, 0.15) is 0 Å². The van der Waals surface area contributed by atoms with E-state index in [0.717, 1.165) is 36.3 Å². The molecule has 0 saturated heterocycles. The van der Waals surface area contributed by atoms with Crippen LogP contribution in [-0.4, -0.2) is 25.9 Å². The molecule has 0 amide bonds. The molecule has 20 heavy (non-hydrogen) atoms. The third kappa shape index (κ3) is 2.38. The summed E-state index contributed by atoms with van der Waals surface area (Å²) in [6.07, 6.45) is 5.34. The first-order valence-electron chi connectivity index (χ1n) is 7.45. The Kier molecular flexibility index (Phi) is 3.85. The van der Waals surface area contributed by atoms with Gasteiger partial charge in [0, 0.05) is 13.5 Å². The summed E-state index contributed by atoms with van der Waals surface area (Å²) >= 11 is 0. The van der Waals surface area contributed by atoms with Crippen LogP contribution in [0.4, 0.5) is 0 Å². The molecule has 0 aromatic heterocycles. The van der Waals surface area contributed by atoms with E-state index in [1.165, 1.54) is 12.8 Å². The topological polar surface area (TPSA) is 53.7 Å². The van der Waals surface area contributed by atoms with Crippen LogP contribution in [0.1, 0.15) is 43.7 Å². The largest absolute Gasteiger partial charge is 0.490 e. The Morgan fingerprint density at radius 2 is 1.80 bits per heavy atom. The van der Waals surface area contributed by atoms with Crippen molar-refractivity contribution in [2.24, 2.45) is 5.73 Å². The molecule has 110 valence electrons. The number of fused-ring (bicyclic) bond motifs is 1. The molecule has 1 aromatic rings. The summed E-state index contributed by atoms with van der Waals surface area (Å²) < 4.78 is 17.2. The van der Waals surface area contributed by atoms with Gasteiger partial charge in [0.2, 0.25) is 0 Å². The number of methoxy groups -OCH3 is 1. The summed E-state index contributed by atoms with van der Waals surface area (Å²) in [6.45, 7) is 1.40. The highest BCUT2D eigenvalue weighted by Gasteiger charge is 2.40. The maximum Gasteiger partial charge on any atom is 0.161 e. The van der Waals surface area contributed by atoms with Crippen molar-refractivity contribution < 1.29 is 14.2 Å². The van der Waals surface area contributed by atoms with Crippen LogP contribution in [0.5, 0.6) is 11.5 Å². The molecule has 1 aliphatic carbocycles. The highest BCUT2D eigenvalue weighted by molar-refractivity contribution is 5.44. The van der Waals surface area contributed by atoms with Crippen molar-refractivity contribution in [2.75, 3.05) is 20.3 Å². The smallest absolute Gasteiger partial charge is 0.161 e. The summed E-state index contributed by atoms with van der Waals surface area (Å²) in [7, 11) is 1.77. The molecule has 1 saturated carbocycles. The van der Waals surface area contributed by atoms with Crippen molar-refractivity contribution in [3.8, 4) is 11.5 Å². The lowest BCUT2D eigenvalue weighted by Gasteiger charge is -2.34. The van der Waals surface area contributed by atoms with Gasteiger partial charge in [0.25, 0.3) is 0 Å². The molecule has 1 heterocycles. The lowest BCUT2D eigenvalue weighted by molar-refractivity contribution is -0.0264. The zero-order valence-electron chi connectivity index (χ0n) is 12.1. The first kappa shape index (κ1) is 13.7. The molecule has 1 aliphatic heterocycles. The van der Waals surface area contributed by atoms with Crippen LogP contribution >= 0.6 is 0 Å². The lowest BCUT2D eigenvalue weighted by Crippen LogP contribution is -2.40. The van der Waals surface area contributed by atoms with E-state index in [1.54, 1.807) is 7.11 Å². The first-order chi connectivity index (χ1) is 9.75. The summed E-state index contributed by atoms with van der Waals surface area (Å²) in [4.78, 5) is 0. The molecule has 1 aromatic carbocycles. The predicted octanol–water partition coefficient (Wildman–Crippen LogP) is 2.81. The Balaban J connectivity index is 1.88. The van der Waals surface area contributed by atoms with Crippen LogP contribution in [0, 0.1) is 0 Å². The number of hydrogen-bond acceptors (Lipinski definition) is 4. The molecule has 2 N–H and O–H groups in total.